The molecule has 0 saturated carbocycles. The summed E-state index contributed by atoms with van der Waals surface area (Å²) in [6.07, 6.45) is 4.04. The molecule has 2 rings (SSSR count). The third-order valence-corrected chi connectivity index (χ3v) is 2.76. The Morgan fingerprint density at radius 2 is 1.95 bits per heavy atom. The van der Waals surface area contributed by atoms with Gasteiger partial charge in [-0.05, 0) is 29.8 Å². The van der Waals surface area contributed by atoms with Gasteiger partial charge >= 0.3 is 0 Å². The lowest BCUT2D eigenvalue weighted by Crippen LogP contribution is -2.09. The molecule has 6 nitrogen and oxygen atoms in total. The molecule has 106 valence electrons. The molecule has 1 heterocycles. The number of nitrogens with zero attached hydrogens (tertiary/aromatic N) is 2. The number of nitrogens with one attached hydrogen (secondary N) is 1. The van der Waals surface area contributed by atoms with Crippen molar-refractivity contribution in [1.29, 1.82) is 0 Å². The van der Waals surface area contributed by atoms with Crippen molar-refractivity contribution >= 4 is 35.1 Å². The fraction of sp³-hybridized carbons (Fsp3) is 0. The maximum atomic E-state index is 11.7. The smallest absolute Gasteiger partial charge is 0.287 e. The first-order valence-electron chi connectivity index (χ1n) is 5.90. The highest BCUT2D eigenvalue weighted by Crippen LogP contribution is 2.12. The lowest BCUT2D eigenvalue weighted by molar-refractivity contribution is -0.385. The molecule has 0 atom stereocenters. The van der Waals surface area contributed by atoms with E-state index in [-0.39, 0.29) is 17.4 Å². The summed E-state index contributed by atoms with van der Waals surface area (Å²) in [7, 11) is 0. The molecule has 21 heavy (non-hydrogen) atoms. The number of benzene rings is 1. The number of nitro groups is 1. The van der Waals surface area contributed by atoms with Gasteiger partial charge in [0.2, 0.25) is 5.91 Å². The van der Waals surface area contributed by atoms with Crippen LogP contribution in [-0.4, -0.2) is 15.8 Å². The number of carbonyl (C=O) groups excluding carboxylic acids is 1. The summed E-state index contributed by atoms with van der Waals surface area (Å²) in [6, 6.07) is 9.62. The van der Waals surface area contributed by atoms with Gasteiger partial charge in [0.25, 0.3) is 5.69 Å². The Balaban J connectivity index is 1.98. The molecule has 0 spiro atoms. The number of anilines is 1. The summed E-state index contributed by atoms with van der Waals surface area (Å²) in [5.74, 6) is -0.141. The van der Waals surface area contributed by atoms with Crippen molar-refractivity contribution in [2.45, 2.75) is 0 Å². The van der Waals surface area contributed by atoms with Gasteiger partial charge < -0.3 is 5.32 Å². The second-order valence-corrected chi connectivity index (χ2v) is 4.47. The van der Waals surface area contributed by atoms with Crippen LogP contribution in [0.2, 0.25) is 5.02 Å². The van der Waals surface area contributed by atoms with Crippen molar-refractivity contribution in [2.24, 2.45) is 0 Å². The summed E-state index contributed by atoms with van der Waals surface area (Å²) in [5.41, 5.74) is 0.691. The first-order chi connectivity index (χ1) is 10.0. The normalized spacial score (nSPS) is 10.5. The number of rotatable bonds is 4. The van der Waals surface area contributed by atoms with E-state index in [2.05, 4.69) is 10.3 Å². The molecule has 0 aliphatic carbocycles. The van der Waals surface area contributed by atoms with Gasteiger partial charge in [-0.1, -0.05) is 23.7 Å². The Morgan fingerprint density at radius 1 is 1.24 bits per heavy atom. The molecule has 0 fully saturated rings. The summed E-state index contributed by atoms with van der Waals surface area (Å²) in [4.78, 5) is 25.4. The largest absolute Gasteiger partial charge is 0.307 e. The van der Waals surface area contributed by atoms with Crippen LogP contribution in [0.5, 0.6) is 0 Å². The van der Waals surface area contributed by atoms with E-state index >= 15 is 0 Å². The minimum atomic E-state index is -0.557. The van der Waals surface area contributed by atoms with Crippen LogP contribution in [0.25, 0.3) is 6.08 Å². The van der Waals surface area contributed by atoms with Crippen molar-refractivity contribution in [3.05, 3.63) is 69.4 Å². The molecule has 2 aromatic rings. The Bertz CT molecular complexity index is 682. The Labute approximate surface area is 125 Å². The summed E-state index contributed by atoms with van der Waals surface area (Å²) in [6.45, 7) is 0. The third kappa shape index (κ3) is 4.39. The summed E-state index contributed by atoms with van der Waals surface area (Å²) in [5, 5.41) is 13.6. The van der Waals surface area contributed by atoms with Crippen LogP contribution in [0, 0.1) is 10.1 Å². The summed E-state index contributed by atoms with van der Waals surface area (Å²) < 4.78 is 0. The maximum Gasteiger partial charge on any atom is 0.287 e. The first-order valence-corrected chi connectivity index (χ1v) is 6.27. The van der Waals surface area contributed by atoms with Gasteiger partial charge in [-0.3, -0.25) is 14.9 Å². The Hall–Kier alpha value is -2.73. The lowest BCUT2D eigenvalue weighted by Gasteiger charge is -2.00. The van der Waals surface area contributed by atoms with Gasteiger partial charge in [-0.2, -0.15) is 0 Å². The molecule has 0 unspecified atom stereocenters. The quantitative estimate of drug-likeness (QED) is 0.533. The molecule has 1 N–H and O–H groups in total. The average molecular weight is 304 g/mol. The van der Waals surface area contributed by atoms with E-state index in [9.17, 15) is 14.9 Å². The highest BCUT2D eigenvalue weighted by molar-refractivity contribution is 6.30. The topological polar surface area (TPSA) is 85.1 Å². The SMILES string of the molecule is O=C(/C=C/c1ccc(Cl)cc1)Nc1ccc([N+](=O)[O-])cn1. The van der Waals surface area contributed by atoms with Gasteiger partial charge in [-0.25, -0.2) is 4.98 Å². The fourth-order valence-electron chi connectivity index (χ4n) is 1.48. The Kier molecular flexibility index (Phi) is 4.63. The number of halogens is 1. The van der Waals surface area contributed by atoms with E-state index in [1.807, 2.05) is 0 Å². The molecule has 7 heteroatoms. The van der Waals surface area contributed by atoms with Crippen LogP contribution in [0.4, 0.5) is 11.5 Å². The van der Waals surface area contributed by atoms with E-state index in [4.69, 9.17) is 11.6 Å². The molecule has 0 radical (unpaired) electrons. The predicted octanol–water partition coefficient (Wildman–Crippen LogP) is 3.30. The van der Waals surface area contributed by atoms with Crippen LogP contribution in [0.3, 0.4) is 0 Å². The molecule has 0 aliphatic heterocycles. The molecular formula is C14H10ClN3O3. The Morgan fingerprint density at radius 3 is 2.52 bits per heavy atom. The standard InChI is InChI=1S/C14H10ClN3O3/c15-11-4-1-10(2-5-11)3-8-14(19)17-13-7-6-12(9-16-13)18(20)21/h1-9H,(H,16,17,19)/b8-3+. The highest BCUT2D eigenvalue weighted by Gasteiger charge is 2.06. The van der Waals surface area contributed by atoms with E-state index in [0.717, 1.165) is 11.8 Å². The summed E-state index contributed by atoms with van der Waals surface area (Å²) >= 11 is 5.76. The number of pyridine rings is 1. The van der Waals surface area contributed by atoms with Crippen molar-refractivity contribution in [3.63, 3.8) is 0 Å². The maximum absolute atomic E-state index is 11.7. The number of hydrogen-bond acceptors (Lipinski definition) is 4. The second kappa shape index (κ2) is 6.62. The zero-order chi connectivity index (χ0) is 15.2. The van der Waals surface area contributed by atoms with E-state index in [1.165, 1.54) is 18.2 Å². The van der Waals surface area contributed by atoms with Crippen molar-refractivity contribution < 1.29 is 9.72 Å². The first kappa shape index (κ1) is 14.7. The van der Waals surface area contributed by atoms with E-state index in [1.54, 1.807) is 30.3 Å². The second-order valence-electron chi connectivity index (χ2n) is 4.03. The number of aromatic nitrogens is 1. The van der Waals surface area contributed by atoms with Crippen LogP contribution in [0.1, 0.15) is 5.56 Å². The zero-order valence-corrected chi connectivity index (χ0v) is 11.4. The minimum Gasteiger partial charge on any atom is -0.307 e. The number of carbonyl (C=O) groups is 1. The molecular weight excluding hydrogens is 294 g/mol. The van der Waals surface area contributed by atoms with Crippen molar-refractivity contribution in [1.82, 2.24) is 4.98 Å². The lowest BCUT2D eigenvalue weighted by atomic mass is 10.2. The number of hydrogen-bond donors (Lipinski definition) is 1. The van der Waals surface area contributed by atoms with Gasteiger partial charge in [0, 0.05) is 17.2 Å². The highest BCUT2D eigenvalue weighted by atomic mass is 35.5. The van der Waals surface area contributed by atoms with Crippen molar-refractivity contribution in [2.75, 3.05) is 5.32 Å². The zero-order valence-electron chi connectivity index (χ0n) is 10.7. The van der Waals surface area contributed by atoms with Gasteiger partial charge in [0.15, 0.2) is 0 Å². The van der Waals surface area contributed by atoms with Gasteiger partial charge in [-0.15, -0.1) is 0 Å². The van der Waals surface area contributed by atoms with Gasteiger partial charge in [0.1, 0.15) is 12.0 Å². The van der Waals surface area contributed by atoms with E-state index < -0.39 is 4.92 Å². The number of amides is 1. The molecule has 0 saturated heterocycles. The molecule has 0 aliphatic rings. The third-order valence-electron chi connectivity index (χ3n) is 2.51. The predicted molar refractivity (Wildman–Crippen MR) is 80.0 cm³/mol. The van der Waals surface area contributed by atoms with Crippen molar-refractivity contribution in [3.8, 4) is 0 Å². The average Bonchev–Trinajstić information content (AvgIpc) is 2.47. The molecule has 1 amide bonds. The monoisotopic (exact) mass is 303 g/mol. The molecule has 1 aromatic heterocycles. The minimum absolute atomic E-state index is 0.135. The van der Waals surface area contributed by atoms with E-state index in [0.29, 0.717) is 5.02 Å². The molecule has 1 aromatic carbocycles. The van der Waals surface area contributed by atoms with Crippen LogP contribution in [0.15, 0.2) is 48.7 Å². The fourth-order valence-corrected chi connectivity index (χ4v) is 1.61. The van der Waals surface area contributed by atoms with Gasteiger partial charge in [0.05, 0.1) is 4.92 Å². The van der Waals surface area contributed by atoms with Crippen LogP contribution >= 0.6 is 11.6 Å². The van der Waals surface area contributed by atoms with Crippen LogP contribution in [-0.2, 0) is 4.79 Å². The van der Waals surface area contributed by atoms with Crippen LogP contribution < -0.4 is 5.32 Å². The molecule has 0 bridgehead atoms.